The van der Waals surface area contributed by atoms with E-state index < -0.39 is 11.8 Å². The highest BCUT2D eigenvalue weighted by molar-refractivity contribution is 6.36. The van der Waals surface area contributed by atoms with Gasteiger partial charge in [0.25, 0.3) is 16.7 Å². The molecule has 32 heavy (non-hydrogen) atoms. The van der Waals surface area contributed by atoms with E-state index >= 15 is 0 Å². The van der Waals surface area contributed by atoms with E-state index in [1.165, 1.54) is 22.3 Å². The van der Waals surface area contributed by atoms with Crippen LogP contribution in [0.2, 0.25) is 0 Å². The molecule has 2 amide bonds. The summed E-state index contributed by atoms with van der Waals surface area (Å²) >= 11 is 0. The zero-order chi connectivity index (χ0) is 22.9. The molecule has 2 heterocycles. The van der Waals surface area contributed by atoms with Gasteiger partial charge in [-0.3, -0.25) is 18.7 Å². The molecule has 0 atom stereocenters. The lowest BCUT2D eigenvalue weighted by Crippen LogP contribution is -2.41. The van der Waals surface area contributed by atoms with Crippen LogP contribution in [0.1, 0.15) is 26.3 Å². The maximum Gasteiger partial charge on any atom is 0.328 e. The number of aryl methyl sites for hydroxylation is 3. The number of aromatic nitrogens is 2. The quantitative estimate of drug-likeness (QED) is 0.367. The summed E-state index contributed by atoms with van der Waals surface area (Å²) < 4.78 is 2.99. The van der Waals surface area contributed by atoms with Crippen LogP contribution in [-0.2, 0) is 18.9 Å². The van der Waals surface area contributed by atoms with E-state index in [-0.39, 0.29) is 16.9 Å². The van der Waals surface area contributed by atoms with Crippen molar-refractivity contribution in [2.24, 2.45) is 14.1 Å². The van der Waals surface area contributed by atoms with Gasteiger partial charge in [0.2, 0.25) is 0 Å². The molecule has 0 bridgehead atoms. The predicted molar refractivity (Wildman–Crippen MR) is 118 cm³/mol. The minimum absolute atomic E-state index is 0.146. The molecule has 0 N–H and O–H groups in total. The Kier molecular flexibility index (Phi) is 4.07. The maximum atomic E-state index is 13.6. The summed E-state index contributed by atoms with van der Waals surface area (Å²) in [6, 6.07) is 11.6. The van der Waals surface area contributed by atoms with Crippen molar-refractivity contribution < 1.29 is 19.3 Å². The first-order valence-electron chi connectivity index (χ1n) is 9.87. The number of imidazole rings is 1. The summed E-state index contributed by atoms with van der Waals surface area (Å²) in [6.45, 7) is 1.78. The second kappa shape index (κ2) is 6.61. The lowest BCUT2D eigenvalue weighted by atomic mass is 9.92. The first-order chi connectivity index (χ1) is 15.2. The van der Waals surface area contributed by atoms with Gasteiger partial charge in [0.1, 0.15) is 0 Å². The van der Waals surface area contributed by atoms with Crippen molar-refractivity contribution in [2.45, 2.75) is 6.92 Å². The normalized spacial score (nSPS) is 13.3. The second-order valence-electron chi connectivity index (χ2n) is 7.81. The summed E-state index contributed by atoms with van der Waals surface area (Å²) in [5, 5.41) is 1.09. The van der Waals surface area contributed by atoms with Gasteiger partial charge in [0.15, 0.2) is 7.11 Å². The lowest BCUT2D eigenvalue weighted by molar-refractivity contribution is -0.736. The number of hydrogen-bond acceptors (Lipinski definition) is 5. The number of rotatable bonds is 3. The molecule has 1 aromatic heterocycles. The largest absolute Gasteiger partial charge is 0.328 e. The Balaban J connectivity index is 1.79. The monoisotopic (exact) mass is 431 g/mol. The van der Waals surface area contributed by atoms with Gasteiger partial charge in [-0.2, -0.15) is 0 Å². The molecule has 0 spiro atoms. The van der Waals surface area contributed by atoms with Crippen molar-refractivity contribution in [1.82, 2.24) is 9.13 Å². The Morgan fingerprint density at radius 2 is 1.53 bits per heavy atom. The van der Waals surface area contributed by atoms with Crippen molar-refractivity contribution >= 4 is 45.0 Å². The maximum absolute atomic E-state index is 13.6. The zero-order valence-corrected chi connectivity index (χ0v) is 17.9. The van der Waals surface area contributed by atoms with Gasteiger partial charge < -0.3 is 0 Å². The number of carbonyl (C=O) groups excluding carboxylic acids is 2. The smallest absolute Gasteiger partial charge is 0.295 e. The Hall–Kier alpha value is -4.27. The Labute approximate surface area is 181 Å². The Bertz CT molecular complexity index is 1580. The van der Waals surface area contributed by atoms with Crippen molar-refractivity contribution in [3.8, 4) is 0 Å². The van der Waals surface area contributed by atoms with Crippen LogP contribution in [-0.4, -0.2) is 33.0 Å². The van der Waals surface area contributed by atoms with Crippen LogP contribution in [0.15, 0.2) is 47.3 Å². The van der Waals surface area contributed by atoms with E-state index in [4.69, 9.17) is 4.84 Å². The van der Waals surface area contributed by atoms with E-state index in [2.05, 4.69) is 0 Å². The number of nitrogens with zero attached hydrogens (tertiary/aromatic N) is 4. The molecule has 5 rings (SSSR count). The van der Waals surface area contributed by atoms with E-state index in [0.717, 1.165) is 4.90 Å². The number of imide groups is 1. The van der Waals surface area contributed by atoms with Crippen LogP contribution in [0.3, 0.4) is 0 Å². The highest BCUT2D eigenvalue weighted by atomic mass is 16.8. The SMILES string of the molecule is CO[N+](=O)c1cc2c3c(cccc3c1)C(=O)N(c1cc3c(cc1C)n(C)c(=O)n3C)C2=O. The van der Waals surface area contributed by atoms with E-state index in [1.54, 1.807) is 57.4 Å². The highest BCUT2D eigenvalue weighted by Crippen LogP contribution is 2.37. The van der Waals surface area contributed by atoms with E-state index in [0.29, 0.717) is 43.5 Å². The van der Waals surface area contributed by atoms with Crippen LogP contribution in [0.5, 0.6) is 0 Å². The van der Waals surface area contributed by atoms with Gasteiger partial charge in [0.05, 0.1) is 27.2 Å². The van der Waals surface area contributed by atoms with Crippen LogP contribution in [0, 0.1) is 11.8 Å². The van der Waals surface area contributed by atoms with Gasteiger partial charge in [-0.15, -0.1) is 0 Å². The van der Waals surface area contributed by atoms with Gasteiger partial charge in [-0.25, -0.2) is 14.5 Å². The van der Waals surface area contributed by atoms with Gasteiger partial charge in [-0.1, -0.05) is 12.1 Å². The van der Waals surface area contributed by atoms with Gasteiger partial charge in [0, 0.05) is 37.2 Å². The minimum atomic E-state index is -0.548. The summed E-state index contributed by atoms with van der Waals surface area (Å²) in [5.41, 5.74) is 2.87. The highest BCUT2D eigenvalue weighted by Gasteiger charge is 2.37. The first-order valence-corrected chi connectivity index (χ1v) is 9.87. The Morgan fingerprint density at radius 3 is 2.22 bits per heavy atom. The zero-order valence-electron chi connectivity index (χ0n) is 17.9. The van der Waals surface area contributed by atoms with Gasteiger partial charge in [-0.05, 0) is 36.1 Å². The molecule has 1 aliphatic rings. The summed E-state index contributed by atoms with van der Waals surface area (Å²) in [5.74, 6) is -1.01. The van der Waals surface area contributed by atoms with Gasteiger partial charge >= 0.3 is 11.4 Å². The van der Waals surface area contributed by atoms with Crippen molar-refractivity contribution in [2.75, 3.05) is 12.0 Å². The van der Waals surface area contributed by atoms with Crippen LogP contribution in [0.4, 0.5) is 11.4 Å². The molecule has 4 aromatic rings. The molecule has 0 saturated carbocycles. The fourth-order valence-electron chi connectivity index (χ4n) is 4.40. The average Bonchev–Trinajstić information content (AvgIpc) is 3.00. The summed E-state index contributed by atoms with van der Waals surface area (Å²) in [6.07, 6.45) is 0. The minimum Gasteiger partial charge on any atom is -0.295 e. The molecule has 160 valence electrons. The molecular formula is C23H19N4O5+. The van der Waals surface area contributed by atoms with E-state index in [9.17, 15) is 19.3 Å². The number of hydrogen-bond donors (Lipinski definition) is 0. The third-order valence-electron chi connectivity index (χ3n) is 6.04. The number of fused-ring (bicyclic) bond motifs is 1. The second-order valence-corrected chi connectivity index (χ2v) is 7.81. The third-order valence-corrected chi connectivity index (χ3v) is 6.04. The molecule has 0 fully saturated rings. The average molecular weight is 431 g/mol. The molecular weight excluding hydrogens is 412 g/mol. The molecule has 0 unspecified atom stereocenters. The fourth-order valence-corrected chi connectivity index (χ4v) is 4.40. The topological polar surface area (TPSA) is 93.6 Å². The van der Waals surface area contributed by atoms with Crippen molar-refractivity contribution in [3.05, 3.63) is 74.5 Å². The molecule has 0 aliphatic carbocycles. The molecule has 9 nitrogen and oxygen atoms in total. The standard InChI is InChI=1S/C23H19N4O5/c1-12-8-18-19(25(3)23(30)24(18)2)11-17(12)26-21(28)15-7-5-6-13-9-14(27(31)32-4)10-16(20(13)15)22(26)29/h5-11H,1-4H3/q+1. The van der Waals surface area contributed by atoms with Crippen LogP contribution < -0.4 is 10.6 Å². The summed E-state index contributed by atoms with van der Waals surface area (Å²) in [4.78, 5) is 57.7. The van der Waals surface area contributed by atoms with Crippen LogP contribution in [0.25, 0.3) is 21.8 Å². The van der Waals surface area contributed by atoms with Crippen LogP contribution >= 0.6 is 0 Å². The molecule has 9 heteroatoms. The lowest BCUT2D eigenvalue weighted by Gasteiger charge is -2.28. The molecule has 0 saturated heterocycles. The predicted octanol–water partition coefficient (Wildman–Crippen LogP) is 3.11. The summed E-state index contributed by atoms with van der Waals surface area (Å²) in [7, 11) is 4.54. The van der Waals surface area contributed by atoms with Crippen molar-refractivity contribution in [3.63, 3.8) is 0 Å². The molecule has 1 aliphatic heterocycles. The fraction of sp³-hybridized carbons (Fsp3) is 0.174. The Morgan fingerprint density at radius 1 is 0.875 bits per heavy atom. The number of amides is 2. The molecule has 0 radical (unpaired) electrons. The molecule has 3 aromatic carbocycles. The first kappa shape index (κ1) is 19.7. The number of carbonyl (C=O) groups is 2. The number of anilines is 1. The van der Waals surface area contributed by atoms with E-state index in [1.807, 2.05) is 0 Å². The third kappa shape index (κ3) is 2.48. The van der Waals surface area contributed by atoms with Crippen molar-refractivity contribution in [1.29, 1.82) is 0 Å². The number of benzene rings is 3.